The van der Waals surface area contributed by atoms with E-state index in [-0.39, 0.29) is 47.5 Å². The second kappa shape index (κ2) is 14.0. The minimum absolute atomic E-state index is 0.0495. The molecule has 3 aromatic rings. The highest BCUT2D eigenvalue weighted by molar-refractivity contribution is 6.01. The minimum Gasteiger partial charge on any atom is -0.490 e. The summed E-state index contributed by atoms with van der Waals surface area (Å²) >= 11 is 0. The SMILES string of the molecule is O=C(Cc1ccc(Oc2ccc(OC3CCC(NC(=O)C4CCCCC4)CC3)cc2)cc1)Nc1ccccc1C(=O)O. The van der Waals surface area contributed by atoms with E-state index in [9.17, 15) is 19.5 Å². The zero-order chi connectivity index (χ0) is 29.3. The molecule has 0 aliphatic heterocycles. The van der Waals surface area contributed by atoms with Crippen molar-refractivity contribution in [3.8, 4) is 17.2 Å². The fourth-order valence-electron chi connectivity index (χ4n) is 5.76. The molecular weight excluding hydrogens is 532 g/mol. The minimum atomic E-state index is -1.09. The summed E-state index contributed by atoms with van der Waals surface area (Å²) in [5.74, 6) is 1.16. The van der Waals surface area contributed by atoms with Gasteiger partial charge in [-0.05, 0) is 92.6 Å². The van der Waals surface area contributed by atoms with E-state index in [4.69, 9.17) is 9.47 Å². The number of para-hydroxylation sites is 1. The molecule has 2 aliphatic rings. The van der Waals surface area contributed by atoms with Crippen LogP contribution in [0.4, 0.5) is 5.69 Å². The Morgan fingerprint density at radius 3 is 2.02 bits per heavy atom. The number of nitrogens with one attached hydrogen (secondary N) is 2. The molecule has 2 aliphatic carbocycles. The van der Waals surface area contributed by atoms with Crippen molar-refractivity contribution in [2.75, 3.05) is 5.32 Å². The summed E-state index contributed by atoms with van der Waals surface area (Å²) in [7, 11) is 0. The maximum absolute atomic E-state index is 12.6. The molecule has 0 radical (unpaired) electrons. The summed E-state index contributed by atoms with van der Waals surface area (Å²) in [6.45, 7) is 0. The van der Waals surface area contributed by atoms with Crippen LogP contribution in [0.25, 0.3) is 0 Å². The van der Waals surface area contributed by atoms with E-state index >= 15 is 0 Å². The van der Waals surface area contributed by atoms with Crippen molar-refractivity contribution in [2.24, 2.45) is 5.92 Å². The molecule has 8 heteroatoms. The highest BCUT2D eigenvalue weighted by Gasteiger charge is 2.27. The number of carboxylic acid groups (broad SMARTS) is 1. The number of hydrogen-bond donors (Lipinski definition) is 3. The topological polar surface area (TPSA) is 114 Å². The fraction of sp³-hybridized carbons (Fsp3) is 0.382. The summed E-state index contributed by atoms with van der Waals surface area (Å²) in [5.41, 5.74) is 1.10. The van der Waals surface area contributed by atoms with Gasteiger partial charge in [0.05, 0.1) is 23.8 Å². The molecule has 42 heavy (non-hydrogen) atoms. The number of carbonyl (C=O) groups excluding carboxylic acids is 2. The smallest absolute Gasteiger partial charge is 0.337 e. The van der Waals surface area contributed by atoms with Gasteiger partial charge in [-0.1, -0.05) is 43.5 Å². The monoisotopic (exact) mass is 570 g/mol. The van der Waals surface area contributed by atoms with Crippen LogP contribution in [-0.4, -0.2) is 35.0 Å². The van der Waals surface area contributed by atoms with E-state index < -0.39 is 5.97 Å². The summed E-state index contributed by atoms with van der Waals surface area (Å²) in [5, 5.41) is 15.2. The van der Waals surface area contributed by atoms with Gasteiger partial charge in [0, 0.05) is 12.0 Å². The van der Waals surface area contributed by atoms with E-state index in [0.29, 0.717) is 11.5 Å². The third-order valence-corrected chi connectivity index (χ3v) is 8.08. The first kappa shape index (κ1) is 29.2. The standard InChI is InChI=1S/C34H38N2O6/c37-32(36-31-9-5-4-8-30(31)34(39)40)22-23-10-14-26(15-11-23)41-28-18-20-29(21-19-28)42-27-16-12-25(13-17-27)35-33(38)24-6-2-1-3-7-24/h4-5,8-11,14-15,18-21,24-25,27H,1-3,6-7,12-13,16-17,22H2,(H,35,38)(H,36,37)(H,39,40). The van der Waals surface area contributed by atoms with Crippen LogP contribution in [0.1, 0.15) is 73.7 Å². The number of benzene rings is 3. The fourth-order valence-corrected chi connectivity index (χ4v) is 5.76. The second-order valence-corrected chi connectivity index (χ2v) is 11.2. The summed E-state index contributed by atoms with van der Waals surface area (Å²) in [4.78, 5) is 36.4. The van der Waals surface area contributed by atoms with Gasteiger partial charge >= 0.3 is 5.97 Å². The van der Waals surface area contributed by atoms with Gasteiger partial charge in [-0.3, -0.25) is 9.59 Å². The van der Waals surface area contributed by atoms with Crippen LogP contribution in [0.2, 0.25) is 0 Å². The molecule has 8 nitrogen and oxygen atoms in total. The van der Waals surface area contributed by atoms with Gasteiger partial charge in [0.2, 0.25) is 11.8 Å². The van der Waals surface area contributed by atoms with E-state index in [1.165, 1.54) is 25.3 Å². The van der Waals surface area contributed by atoms with Crippen LogP contribution < -0.4 is 20.1 Å². The van der Waals surface area contributed by atoms with E-state index in [1.807, 2.05) is 36.4 Å². The number of rotatable bonds is 10. The van der Waals surface area contributed by atoms with Gasteiger partial charge in [0.15, 0.2) is 0 Å². The lowest BCUT2D eigenvalue weighted by Gasteiger charge is -2.31. The first-order valence-electron chi connectivity index (χ1n) is 14.9. The largest absolute Gasteiger partial charge is 0.490 e. The summed E-state index contributed by atoms with van der Waals surface area (Å²) in [6.07, 6.45) is 9.63. The number of ether oxygens (including phenoxy) is 2. The Morgan fingerprint density at radius 1 is 0.738 bits per heavy atom. The van der Waals surface area contributed by atoms with E-state index in [0.717, 1.165) is 49.8 Å². The predicted octanol–water partition coefficient (Wildman–Crippen LogP) is 6.74. The molecule has 0 spiro atoms. The molecule has 3 N–H and O–H groups in total. The van der Waals surface area contributed by atoms with Gasteiger partial charge < -0.3 is 25.2 Å². The summed E-state index contributed by atoms with van der Waals surface area (Å²) < 4.78 is 12.2. The number of hydrogen-bond acceptors (Lipinski definition) is 5. The molecule has 0 unspecified atom stereocenters. The maximum Gasteiger partial charge on any atom is 0.337 e. The van der Waals surface area contributed by atoms with Crippen molar-refractivity contribution in [3.63, 3.8) is 0 Å². The van der Waals surface area contributed by atoms with Crippen LogP contribution in [0.15, 0.2) is 72.8 Å². The van der Waals surface area contributed by atoms with Gasteiger partial charge in [-0.25, -0.2) is 4.79 Å². The molecule has 0 aromatic heterocycles. The highest BCUT2D eigenvalue weighted by Crippen LogP contribution is 2.29. The van der Waals surface area contributed by atoms with E-state index in [1.54, 1.807) is 30.3 Å². The first-order chi connectivity index (χ1) is 20.4. The molecule has 2 fully saturated rings. The number of amides is 2. The molecule has 2 saturated carbocycles. The lowest BCUT2D eigenvalue weighted by atomic mass is 9.87. The molecule has 0 saturated heterocycles. The number of aromatic carboxylic acids is 1. The van der Waals surface area contributed by atoms with Crippen molar-refractivity contribution in [1.82, 2.24) is 5.32 Å². The number of carbonyl (C=O) groups is 3. The Hall–Kier alpha value is -4.33. The van der Waals surface area contributed by atoms with Crippen LogP contribution in [0.5, 0.6) is 17.2 Å². The van der Waals surface area contributed by atoms with Gasteiger partial charge in [0.25, 0.3) is 0 Å². The van der Waals surface area contributed by atoms with Crippen LogP contribution in [0.3, 0.4) is 0 Å². The molecule has 0 bridgehead atoms. The Labute approximate surface area is 246 Å². The average Bonchev–Trinajstić information content (AvgIpc) is 3.00. The second-order valence-electron chi connectivity index (χ2n) is 11.2. The Kier molecular flexibility index (Phi) is 9.74. The zero-order valence-electron chi connectivity index (χ0n) is 23.7. The lowest BCUT2D eigenvalue weighted by Crippen LogP contribution is -2.42. The van der Waals surface area contributed by atoms with Crippen molar-refractivity contribution in [2.45, 2.75) is 76.4 Å². The van der Waals surface area contributed by atoms with Gasteiger partial charge in [0.1, 0.15) is 17.2 Å². The van der Waals surface area contributed by atoms with Crippen LogP contribution in [0, 0.1) is 5.92 Å². The van der Waals surface area contributed by atoms with Crippen LogP contribution >= 0.6 is 0 Å². The maximum atomic E-state index is 12.6. The van der Waals surface area contributed by atoms with Crippen molar-refractivity contribution in [1.29, 1.82) is 0 Å². The van der Waals surface area contributed by atoms with Crippen molar-refractivity contribution < 1.29 is 29.0 Å². The zero-order valence-corrected chi connectivity index (χ0v) is 23.7. The molecule has 0 atom stereocenters. The summed E-state index contributed by atoms with van der Waals surface area (Å²) in [6, 6.07) is 21.3. The molecule has 2 amide bonds. The molecule has 0 heterocycles. The predicted molar refractivity (Wildman–Crippen MR) is 160 cm³/mol. The average molecular weight is 571 g/mol. The van der Waals surface area contributed by atoms with Gasteiger partial charge in [-0.2, -0.15) is 0 Å². The highest BCUT2D eigenvalue weighted by atomic mass is 16.5. The van der Waals surface area contributed by atoms with E-state index in [2.05, 4.69) is 10.6 Å². The number of anilines is 1. The van der Waals surface area contributed by atoms with Crippen molar-refractivity contribution in [3.05, 3.63) is 83.9 Å². The first-order valence-corrected chi connectivity index (χ1v) is 14.9. The Morgan fingerprint density at radius 2 is 1.36 bits per heavy atom. The van der Waals surface area contributed by atoms with Crippen LogP contribution in [-0.2, 0) is 16.0 Å². The molecule has 3 aromatic carbocycles. The number of carboxylic acids is 1. The van der Waals surface area contributed by atoms with Gasteiger partial charge in [-0.15, -0.1) is 0 Å². The normalized spacial score (nSPS) is 19.0. The quantitative estimate of drug-likeness (QED) is 0.249. The molecule has 5 rings (SSSR count). The third kappa shape index (κ3) is 8.12. The third-order valence-electron chi connectivity index (χ3n) is 8.08. The Bertz CT molecular complexity index is 1360. The molecule has 220 valence electrons. The molecular formula is C34H38N2O6. The lowest BCUT2D eigenvalue weighted by molar-refractivity contribution is -0.127. The van der Waals surface area contributed by atoms with Crippen molar-refractivity contribution >= 4 is 23.5 Å². The Balaban J connectivity index is 1.05.